The molecule has 4 nitrogen and oxygen atoms in total. The average molecular weight is 227 g/mol. The molecule has 1 aromatic rings. The van der Waals surface area contributed by atoms with Gasteiger partial charge in [0.05, 0.1) is 0 Å². The van der Waals surface area contributed by atoms with Gasteiger partial charge in [0.2, 0.25) is 0 Å². The molecule has 0 fully saturated rings. The lowest BCUT2D eigenvalue weighted by Gasteiger charge is -2.10. The Hall–Kier alpha value is -0.940. The number of carbonyl (C=O) groups excluding carboxylic acids is 1. The molecular weight excluding hydrogens is 210 g/mol. The van der Waals surface area contributed by atoms with Gasteiger partial charge in [0.15, 0.2) is 0 Å². The molecule has 1 amide bonds. The zero-order valence-electron chi connectivity index (χ0n) is 9.12. The van der Waals surface area contributed by atoms with Gasteiger partial charge in [-0.1, -0.05) is 13.3 Å². The fraction of sp³-hybridized carbons (Fsp3) is 0.600. The summed E-state index contributed by atoms with van der Waals surface area (Å²) in [7, 11) is 0. The summed E-state index contributed by atoms with van der Waals surface area (Å²) in [6.45, 7) is 4.48. The van der Waals surface area contributed by atoms with Gasteiger partial charge in [-0.15, -0.1) is 11.3 Å². The normalized spacial score (nSPS) is 12.5. The lowest BCUT2D eigenvalue weighted by atomic mass is 10.2. The van der Waals surface area contributed by atoms with Crippen molar-refractivity contribution in [1.29, 1.82) is 0 Å². The number of amides is 1. The molecule has 3 N–H and O–H groups in total. The molecule has 0 saturated heterocycles. The molecule has 0 saturated carbocycles. The van der Waals surface area contributed by atoms with E-state index in [0.717, 1.165) is 17.8 Å². The molecule has 84 valence electrons. The van der Waals surface area contributed by atoms with Crippen LogP contribution in [0.3, 0.4) is 0 Å². The number of aromatic nitrogens is 1. The molecule has 1 atom stereocenters. The van der Waals surface area contributed by atoms with Gasteiger partial charge in [0.1, 0.15) is 10.7 Å². The monoisotopic (exact) mass is 227 g/mol. The molecule has 1 aromatic heterocycles. The van der Waals surface area contributed by atoms with Crippen molar-refractivity contribution in [2.24, 2.45) is 5.73 Å². The highest BCUT2D eigenvalue weighted by Crippen LogP contribution is 2.09. The zero-order chi connectivity index (χ0) is 11.3. The smallest absolute Gasteiger partial charge is 0.270 e. The first-order valence-corrected chi connectivity index (χ1v) is 6.00. The van der Waals surface area contributed by atoms with E-state index in [2.05, 4.69) is 17.2 Å². The number of carbonyl (C=O) groups is 1. The van der Waals surface area contributed by atoms with Crippen LogP contribution in [0.5, 0.6) is 0 Å². The fourth-order valence-corrected chi connectivity index (χ4v) is 1.97. The lowest BCUT2D eigenvalue weighted by molar-refractivity contribution is 0.0934. The maximum absolute atomic E-state index is 11.7. The quantitative estimate of drug-likeness (QED) is 0.801. The Labute approximate surface area is 93.9 Å². The summed E-state index contributed by atoms with van der Waals surface area (Å²) in [4.78, 5) is 15.8. The van der Waals surface area contributed by atoms with Gasteiger partial charge in [-0.2, -0.15) is 0 Å². The van der Waals surface area contributed by atoms with Gasteiger partial charge in [-0.3, -0.25) is 4.79 Å². The van der Waals surface area contributed by atoms with E-state index in [1.54, 1.807) is 5.38 Å². The molecule has 0 aliphatic rings. The summed E-state index contributed by atoms with van der Waals surface area (Å²) in [5.74, 6) is -0.105. The number of hydrogen-bond acceptors (Lipinski definition) is 4. The number of hydrogen-bond donors (Lipinski definition) is 2. The van der Waals surface area contributed by atoms with Gasteiger partial charge in [0, 0.05) is 18.0 Å². The van der Waals surface area contributed by atoms with Gasteiger partial charge in [0.25, 0.3) is 5.91 Å². The Morgan fingerprint density at radius 3 is 3.00 bits per heavy atom. The van der Waals surface area contributed by atoms with Crippen molar-refractivity contribution in [3.8, 4) is 0 Å². The van der Waals surface area contributed by atoms with E-state index in [-0.39, 0.29) is 11.9 Å². The van der Waals surface area contributed by atoms with Crippen molar-refractivity contribution >= 4 is 17.2 Å². The molecule has 0 aromatic carbocycles. The van der Waals surface area contributed by atoms with Crippen LogP contribution < -0.4 is 11.1 Å². The predicted octanol–water partition coefficient (Wildman–Crippen LogP) is 1.52. The molecule has 0 aliphatic carbocycles. The third-order valence-corrected chi connectivity index (χ3v) is 2.93. The summed E-state index contributed by atoms with van der Waals surface area (Å²) >= 11 is 1.42. The minimum Gasteiger partial charge on any atom is -0.348 e. The van der Waals surface area contributed by atoms with Crippen LogP contribution in [0, 0.1) is 0 Å². The third kappa shape index (κ3) is 3.60. The Morgan fingerprint density at radius 1 is 1.73 bits per heavy atom. The molecule has 5 heteroatoms. The largest absolute Gasteiger partial charge is 0.348 e. The van der Waals surface area contributed by atoms with Gasteiger partial charge in [-0.05, 0) is 13.3 Å². The molecule has 15 heavy (non-hydrogen) atoms. The van der Waals surface area contributed by atoms with Gasteiger partial charge in [-0.25, -0.2) is 4.98 Å². The van der Waals surface area contributed by atoms with Crippen molar-refractivity contribution in [2.75, 3.05) is 0 Å². The lowest BCUT2D eigenvalue weighted by Crippen LogP contribution is -2.32. The van der Waals surface area contributed by atoms with Gasteiger partial charge < -0.3 is 11.1 Å². The SMILES string of the molecule is CCCC(C)NC(=O)c1csc(CN)n1. The fourth-order valence-electron chi connectivity index (χ4n) is 1.31. The van der Waals surface area contributed by atoms with E-state index in [1.165, 1.54) is 11.3 Å². The van der Waals surface area contributed by atoms with Crippen LogP contribution in [0.4, 0.5) is 0 Å². The first kappa shape index (κ1) is 12.1. The number of thiazole rings is 1. The van der Waals surface area contributed by atoms with Crippen molar-refractivity contribution in [1.82, 2.24) is 10.3 Å². The second-order valence-electron chi connectivity index (χ2n) is 3.49. The molecule has 0 bridgehead atoms. The van der Waals surface area contributed by atoms with Crippen molar-refractivity contribution in [3.63, 3.8) is 0 Å². The van der Waals surface area contributed by atoms with Gasteiger partial charge >= 0.3 is 0 Å². The highest BCUT2D eigenvalue weighted by Gasteiger charge is 2.12. The van der Waals surface area contributed by atoms with Crippen LogP contribution in [-0.2, 0) is 6.54 Å². The molecule has 0 radical (unpaired) electrons. The Bertz CT molecular complexity index is 324. The summed E-state index contributed by atoms with van der Waals surface area (Å²) in [5, 5.41) is 5.44. The highest BCUT2D eigenvalue weighted by molar-refractivity contribution is 7.09. The number of nitrogens with one attached hydrogen (secondary N) is 1. The Morgan fingerprint density at radius 2 is 2.47 bits per heavy atom. The topological polar surface area (TPSA) is 68.0 Å². The van der Waals surface area contributed by atoms with E-state index in [9.17, 15) is 4.79 Å². The van der Waals surface area contributed by atoms with E-state index < -0.39 is 0 Å². The van der Waals surface area contributed by atoms with E-state index >= 15 is 0 Å². The minimum atomic E-state index is -0.105. The first-order valence-electron chi connectivity index (χ1n) is 5.12. The number of rotatable bonds is 5. The predicted molar refractivity (Wildman–Crippen MR) is 61.8 cm³/mol. The highest BCUT2D eigenvalue weighted by atomic mass is 32.1. The maximum atomic E-state index is 11.7. The summed E-state index contributed by atoms with van der Waals surface area (Å²) in [6, 6.07) is 0.200. The third-order valence-electron chi connectivity index (χ3n) is 2.06. The number of nitrogens with two attached hydrogens (primary N) is 1. The Kier molecular flexibility index (Phi) is 4.71. The van der Waals surface area contributed by atoms with Crippen LogP contribution in [0.15, 0.2) is 5.38 Å². The molecule has 1 heterocycles. The standard InChI is InChI=1S/C10H17N3OS/c1-3-4-7(2)12-10(14)8-6-15-9(5-11)13-8/h6-7H,3-5,11H2,1-2H3,(H,12,14). The van der Waals surface area contributed by atoms with Crippen LogP contribution in [-0.4, -0.2) is 16.9 Å². The van der Waals surface area contributed by atoms with Crippen LogP contribution in [0.1, 0.15) is 42.2 Å². The second kappa shape index (κ2) is 5.82. The van der Waals surface area contributed by atoms with Crippen molar-refractivity contribution in [2.45, 2.75) is 39.3 Å². The van der Waals surface area contributed by atoms with Crippen molar-refractivity contribution in [3.05, 3.63) is 16.1 Å². The minimum absolute atomic E-state index is 0.105. The first-order chi connectivity index (χ1) is 7.17. The average Bonchev–Trinajstić information content (AvgIpc) is 2.66. The maximum Gasteiger partial charge on any atom is 0.270 e. The van der Waals surface area contributed by atoms with Crippen LogP contribution in [0.2, 0.25) is 0 Å². The summed E-state index contributed by atoms with van der Waals surface area (Å²) in [6.07, 6.45) is 2.05. The van der Waals surface area contributed by atoms with Crippen molar-refractivity contribution < 1.29 is 4.79 Å². The second-order valence-corrected chi connectivity index (χ2v) is 4.44. The molecule has 1 rings (SSSR count). The van der Waals surface area contributed by atoms with E-state index in [1.807, 2.05) is 6.92 Å². The van der Waals surface area contributed by atoms with E-state index in [0.29, 0.717) is 12.2 Å². The summed E-state index contributed by atoms with van der Waals surface area (Å²) < 4.78 is 0. The molecule has 0 aliphatic heterocycles. The number of nitrogens with zero attached hydrogens (tertiary/aromatic N) is 1. The Balaban J connectivity index is 2.53. The molecule has 1 unspecified atom stereocenters. The summed E-state index contributed by atoms with van der Waals surface area (Å²) in [5.41, 5.74) is 5.90. The zero-order valence-corrected chi connectivity index (χ0v) is 9.93. The van der Waals surface area contributed by atoms with E-state index in [4.69, 9.17) is 5.73 Å². The van der Waals surface area contributed by atoms with Crippen LogP contribution in [0.25, 0.3) is 0 Å². The molecular formula is C10H17N3OS. The van der Waals surface area contributed by atoms with Crippen LogP contribution >= 0.6 is 11.3 Å². The molecule has 0 spiro atoms.